The van der Waals surface area contributed by atoms with Crippen molar-refractivity contribution >= 4 is 22.9 Å². The highest BCUT2D eigenvalue weighted by Gasteiger charge is 2.16. The Morgan fingerprint density at radius 3 is 2.80 bits per heavy atom. The van der Waals surface area contributed by atoms with Crippen LogP contribution in [0.25, 0.3) is 0 Å². The lowest BCUT2D eigenvalue weighted by Crippen LogP contribution is -2.15. The Labute approximate surface area is 116 Å². The Bertz CT molecular complexity index is 611. The third-order valence-electron chi connectivity index (χ3n) is 2.40. The minimum absolute atomic E-state index is 0.123. The Kier molecular flexibility index (Phi) is 4.28. The van der Waals surface area contributed by atoms with E-state index in [0.717, 1.165) is 16.0 Å². The van der Waals surface area contributed by atoms with Gasteiger partial charge in [-0.15, -0.1) is 11.3 Å². The number of nitrogens with one attached hydrogen (secondary N) is 1. The monoisotopic (exact) mass is 304 g/mol. The Morgan fingerprint density at radius 1 is 1.50 bits per heavy atom. The molecule has 0 saturated carbocycles. The molecule has 5 nitrogen and oxygen atoms in total. The lowest BCUT2D eigenvalue weighted by molar-refractivity contribution is 0.0989. The summed E-state index contributed by atoms with van der Waals surface area (Å²) in [5.74, 6) is -0.821. The lowest BCUT2D eigenvalue weighted by Gasteiger charge is -2.02. The molecule has 108 valence electrons. The summed E-state index contributed by atoms with van der Waals surface area (Å²) in [6, 6.07) is 2.90. The Balaban J connectivity index is 2.12. The van der Waals surface area contributed by atoms with Crippen LogP contribution in [0.4, 0.5) is 18.9 Å². The van der Waals surface area contributed by atoms with E-state index in [0.29, 0.717) is 4.88 Å². The highest BCUT2D eigenvalue weighted by atomic mass is 32.1. The molecule has 2 aromatic rings. The van der Waals surface area contributed by atoms with Crippen molar-refractivity contribution in [2.24, 2.45) is 5.73 Å². The summed E-state index contributed by atoms with van der Waals surface area (Å²) in [6.45, 7) is -0.384. The highest BCUT2D eigenvalue weighted by molar-refractivity contribution is 7.10. The summed E-state index contributed by atoms with van der Waals surface area (Å²) in [5.41, 5.74) is 5.25. The predicted octanol–water partition coefficient (Wildman–Crippen LogP) is 2.06. The fourth-order valence-corrected chi connectivity index (χ4v) is 2.26. The van der Waals surface area contributed by atoms with Gasteiger partial charge in [0.05, 0.1) is 5.69 Å². The first-order valence-corrected chi connectivity index (χ1v) is 6.41. The number of carbonyl (C=O) groups excluding carboxylic acids is 1. The van der Waals surface area contributed by atoms with Crippen LogP contribution >= 0.6 is 11.3 Å². The van der Waals surface area contributed by atoms with Crippen LogP contribution in [0.2, 0.25) is 0 Å². The van der Waals surface area contributed by atoms with Gasteiger partial charge in [0.25, 0.3) is 12.3 Å². The van der Waals surface area contributed by atoms with Gasteiger partial charge in [-0.1, -0.05) is 0 Å². The average Bonchev–Trinajstić information content (AvgIpc) is 2.92. The maximum Gasteiger partial charge on any atom is 0.271 e. The van der Waals surface area contributed by atoms with Gasteiger partial charge in [-0.25, -0.2) is 8.78 Å². The van der Waals surface area contributed by atoms with Gasteiger partial charge in [0, 0.05) is 17.6 Å². The molecular formula is C11H11F3N4OS. The normalized spacial score (nSPS) is 11.0. The van der Waals surface area contributed by atoms with Crippen molar-refractivity contribution in [1.82, 2.24) is 9.78 Å². The fourth-order valence-electron chi connectivity index (χ4n) is 1.60. The van der Waals surface area contributed by atoms with Crippen LogP contribution in [0.1, 0.15) is 15.4 Å². The second-order valence-electron chi connectivity index (χ2n) is 3.93. The van der Waals surface area contributed by atoms with Crippen molar-refractivity contribution in [1.29, 1.82) is 0 Å². The van der Waals surface area contributed by atoms with Gasteiger partial charge in [0.1, 0.15) is 6.54 Å². The molecule has 0 radical (unpaired) electrons. The van der Waals surface area contributed by atoms with E-state index < -0.39 is 18.9 Å². The zero-order valence-electron chi connectivity index (χ0n) is 10.1. The van der Waals surface area contributed by atoms with Crippen LogP contribution < -0.4 is 11.1 Å². The van der Waals surface area contributed by atoms with Crippen LogP contribution in [0.5, 0.6) is 0 Å². The molecule has 0 aliphatic heterocycles. The number of anilines is 1. The number of carbonyl (C=O) groups is 1. The largest absolute Gasteiger partial charge is 0.377 e. The van der Waals surface area contributed by atoms with Gasteiger partial charge in [0.15, 0.2) is 10.8 Å². The second-order valence-corrected chi connectivity index (χ2v) is 5.05. The summed E-state index contributed by atoms with van der Waals surface area (Å²) in [4.78, 5) is 11.9. The molecule has 0 bridgehead atoms. The topological polar surface area (TPSA) is 72.9 Å². The molecular weight excluding hydrogens is 293 g/mol. The third kappa shape index (κ3) is 3.50. The first-order chi connectivity index (χ1) is 9.45. The molecule has 9 heteroatoms. The number of hydrogen-bond donors (Lipinski definition) is 2. The molecule has 2 rings (SSSR count). The van der Waals surface area contributed by atoms with Gasteiger partial charge in [-0.05, 0) is 12.1 Å². The summed E-state index contributed by atoms with van der Waals surface area (Å²) < 4.78 is 38.3. The number of primary amides is 1. The molecule has 2 heterocycles. The number of amides is 1. The zero-order valence-corrected chi connectivity index (χ0v) is 11.0. The number of hydrogen-bond acceptors (Lipinski definition) is 4. The maximum absolute atomic E-state index is 12.8. The number of thiophene rings is 1. The predicted molar refractivity (Wildman–Crippen MR) is 68.4 cm³/mol. The van der Waals surface area contributed by atoms with E-state index in [-0.39, 0.29) is 23.1 Å². The van der Waals surface area contributed by atoms with Crippen molar-refractivity contribution in [3.05, 3.63) is 34.0 Å². The Morgan fingerprint density at radius 2 is 2.25 bits per heavy atom. The molecule has 3 N–H and O–H groups in total. The van der Waals surface area contributed by atoms with E-state index in [4.69, 9.17) is 5.73 Å². The first-order valence-electron chi connectivity index (χ1n) is 5.59. The molecule has 0 aliphatic carbocycles. The number of nitrogens with two attached hydrogens (primary N) is 1. The Hall–Kier alpha value is -2.03. The van der Waals surface area contributed by atoms with E-state index in [9.17, 15) is 18.0 Å². The summed E-state index contributed by atoms with van der Waals surface area (Å²) in [6.07, 6.45) is -1.31. The van der Waals surface area contributed by atoms with Gasteiger partial charge in [0.2, 0.25) is 0 Å². The van der Waals surface area contributed by atoms with Gasteiger partial charge >= 0.3 is 0 Å². The van der Waals surface area contributed by atoms with Gasteiger partial charge < -0.3 is 11.1 Å². The zero-order chi connectivity index (χ0) is 14.7. The lowest BCUT2D eigenvalue weighted by atomic mass is 10.3. The summed E-state index contributed by atoms with van der Waals surface area (Å²) in [7, 11) is 0. The standard InChI is InChI=1S/C11H11F3N4OS/c12-8(13)5-18-4-7(10(17-18)11(15)19)16-3-6-1-2-9(14)20-6/h1-2,4,8,16H,3,5H2,(H2,15,19). The van der Waals surface area contributed by atoms with Gasteiger partial charge in [-0.3, -0.25) is 9.48 Å². The average molecular weight is 304 g/mol. The number of nitrogens with zero attached hydrogens (tertiary/aromatic N) is 2. The van der Waals surface area contributed by atoms with E-state index in [1.54, 1.807) is 6.07 Å². The summed E-state index contributed by atoms with van der Waals surface area (Å²) in [5, 5.41) is 6.20. The minimum atomic E-state index is -2.59. The van der Waals surface area contributed by atoms with Crippen molar-refractivity contribution in [2.75, 3.05) is 5.32 Å². The quantitative estimate of drug-likeness (QED) is 0.858. The molecule has 0 atom stereocenters. The minimum Gasteiger partial charge on any atom is -0.377 e. The number of halogens is 3. The maximum atomic E-state index is 12.8. The van der Waals surface area contributed by atoms with Crippen LogP contribution in [-0.4, -0.2) is 22.1 Å². The van der Waals surface area contributed by atoms with Crippen molar-refractivity contribution in [2.45, 2.75) is 19.5 Å². The van der Waals surface area contributed by atoms with Crippen LogP contribution in [0, 0.1) is 5.13 Å². The molecule has 0 unspecified atom stereocenters. The SMILES string of the molecule is NC(=O)c1nn(CC(F)F)cc1NCc1ccc(F)s1. The first kappa shape index (κ1) is 14.4. The van der Waals surface area contributed by atoms with E-state index >= 15 is 0 Å². The van der Waals surface area contributed by atoms with Crippen LogP contribution in [0.15, 0.2) is 18.3 Å². The van der Waals surface area contributed by atoms with E-state index in [2.05, 4.69) is 10.4 Å². The molecule has 0 fully saturated rings. The van der Waals surface area contributed by atoms with Crippen LogP contribution in [0.3, 0.4) is 0 Å². The van der Waals surface area contributed by atoms with Gasteiger partial charge in [-0.2, -0.15) is 9.49 Å². The fraction of sp³-hybridized carbons (Fsp3) is 0.273. The molecule has 0 aromatic carbocycles. The molecule has 20 heavy (non-hydrogen) atoms. The molecule has 0 saturated heterocycles. The van der Waals surface area contributed by atoms with Crippen molar-refractivity contribution in [3.63, 3.8) is 0 Å². The number of alkyl halides is 2. The number of rotatable bonds is 6. The van der Waals surface area contributed by atoms with Crippen molar-refractivity contribution in [3.8, 4) is 0 Å². The summed E-state index contributed by atoms with van der Waals surface area (Å²) >= 11 is 0.946. The van der Waals surface area contributed by atoms with Crippen molar-refractivity contribution < 1.29 is 18.0 Å². The number of aromatic nitrogens is 2. The van der Waals surface area contributed by atoms with Crippen LogP contribution in [-0.2, 0) is 13.1 Å². The molecule has 1 amide bonds. The smallest absolute Gasteiger partial charge is 0.271 e. The molecule has 0 aliphatic rings. The molecule has 2 aromatic heterocycles. The highest BCUT2D eigenvalue weighted by Crippen LogP contribution is 2.19. The molecule has 0 spiro atoms. The third-order valence-corrected chi connectivity index (χ3v) is 3.28. The van der Waals surface area contributed by atoms with E-state index in [1.807, 2.05) is 0 Å². The second kappa shape index (κ2) is 5.95. The van der Waals surface area contributed by atoms with E-state index in [1.165, 1.54) is 12.3 Å².